The summed E-state index contributed by atoms with van der Waals surface area (Å²) in [5.41, 5.74) is 1.32. The molecule has 1 aromatic carbocycles. The van der Waals surface area contributed by atoms with E-state index in [1.807, 2.05) is 6.07 Å². The fourth-order valence-electron chi connectivity index (χ4n) is 2.43. The highest BCUT2D eigenvalue weighted by Gasteiger charge is 2.22. The summed E-state index contributed by atoms with van der Waals surface area (Å²) in [6, 6.07) is 6.26. The van der Waals surface area contributed by atoms with Crippen LogP contribution in [0, 0.1) is 5.92 Å². The fourth-order valence-corrected chi connectivity index (χ4v) is 2.84. The minimum Gasteiger partial charge on any atom is -0.488 e. The summed E-state index contributed by atoms with van der Waals surface area (Å²) in [6.45, 7) is 6.57. The van der Waals surface area contributed by atoms with Gasteiger partial charge in [-0.1, -0.05) is 42.6 Å². The number of fused-ring (bicyclic) bond motifs is 1. The Labute approximate surface area is 118 Å². The summed E-state index contributed by atoms with van der Waals surface area (Å²) in [5, 5.41) is 3.54. The Balaban J connectivity index is 1.78. The van der Waals surface area contributed by atoms with Crippen LogP contribution in [-0.2, 0) is 6.42 Å². The summed E-state index contributed by atoms with van der Waals surface area (Å²) in [4.78, 5) is 0. The summed E-state index contributed by atoms with van der Waals surface area (Å²) in [6.07, 6.45) is 3.82. The molecule has 18 heavy (non-hydrogen) atoms. The molecule has 0 aliphatic carbocycles. The van der Waals surface area contributed by atoms with Gasteiger partial charge < -0.3 is 10.1 Å². The molecule has 1 N–H and O–H groups in total. The summed E-state index contributed by atoms with van der Waals surface area (Å²) >= 11 is 3.50. The van der Waals surface area contributed by atoms with Gasteiger partial charge in [-0.05, 0) is 36.2 Å². The number of halogens is 1. The van der Waals surface area contributed by atoms with E-state index in [-0.39, 0.29) is 0 Å². The Morgan fingerprint density at radius 2 is 2.17 bits per heavy atom. The number of hydrogen-bond acceptors (Lipinski definition) is 2. The van der Waals surface area contributed by atoms with Crippen molar-refractivity contribution in [3.05, 3.63) is 28.2 Å². The summed E-state index contributed by atoms with van der Waals surface area (Å²) in [7, 11) is 0. The van der Waals surface area contributed by atoms with Gasteiger partial charge in [-0.3, -0.25) is 0 Å². The molecular weight excluding hydrogens is 290 g/mol. The van der Waals surface area contributed by atoms with Crippen LogP contribution in [0.5, 0.6) is 5.75 Å². The Morgan fingerprint density at radius 3 is 2.89 bits per heavy atom. The first kappa shape index (κ1) is 13.9. The van der Waals surface area contributed by atoms with Crippen LogP contribution in [0.15, 0.2) is 22.7 Å². The zero-order valence-electron chi connectivity index (χ0n) is 11.2. The third-order valence-electron chi connectivity index (χ3n) is 3.72. The highest BCUT2D eigenvalue weighted by Crippen LogP contribution is 2.30. The van der Waals surface area contributed by atoms with Gasteiger partial charge in [-0.15, -0.1) is 0 Å². The predicted molar refractivity (Wildman–Crippen MR) is 79.2 cm³/mol. The van der Waals surface area contributed by atoms with Gasteiger partial charge in [0.15, 0.2) is 0 Å². The van der Waals surface area contributed by atoms with Crippen molar-refractivity contribution >= 4 is 15.9 Å². The molecule has 3 heteroatoms. The lowest BCUT2D eigenvalue weighted by atomic mass is 10.0. The van der Waals surface area contributed by atoms with Gasteiger partial charge in [0.2, 0.25) is 0 Å². The lowest BCUT2D eigenvalue weighted by Crippen LogP contribution is -2.33. The van der Waals surface area contributed by atoms with Crippen LogP contribution in [0.2, 0.25) is 0 Å². The third kappa shape index (κ3) is 3.48. The van der Waals surface area contributed by atoms with Gasteiger partial charge in [0.05, 0.1) is 0 Å². The molecule has 0 saturated heterocycles. The van der Waals surface area contributed by atoms with Crippen LogP contribution >= 0.6 is 15.9 Å². The van der Waals surface area contributed by atoms with Crippen molar-refractivity contribution < 1.29 is 4.74 Å². The number of ether oxygens (including phenoxy) is 1. The monoisotopic (exact) mass is 311 g/mol. The van der Waals surface area contributed by atoms with E-state index in [2.05, 4.69) is 47.2 Å². The standard InChI is InChI=1S/C15H22BrNO/c1-3-11(4-2)9-17-10-14-8-12-7-13(16)5-6-15(12)18-14/h5-7,11,14,17H,3-4,8-10H2,1-2H3. The van der Waals surface area contributed by atoms with Gasteiger partial charge in [0.1, 0.15) is 11.9 Å². The molecule has 2 rings (SSSR count). The van der Waals surface area contributed by atoms with Crippen LogP contribution in [0.3, 0.4) is 0 Å². The zero-order valence-corrected chi connectivity index (χ0v) is 12.8. The van der Waals surface area contributed by atoms with Crippen molar-refractivity contribution in [1.82, 2.24) is 5.32 Å². The molecule has 1 aliphatic rings. The second-order valence-corrected chi connectivity index (χ2v) is 5.95. The molecule has 0 aromatic heterocycles. The second kappa shape index (κ2) is 6.58. The van der Waals surface area contributed by atoms with Gasteiger partial charge in [-0.2, -0.15) is 0 Å². The molecule has 2 nitrogen and oxygen atoms in total. The largest absolute Gasteiger partial charge is 0.488 e. The van der Waals surface area contributed by atoms with Crippen LogP contribution in [0.4, 0.5) is 0 Å². The number of benzene rings is 1. The SMILES string of the molecule is CCC(CC)CNCC1Cc2cc(Br)ccc2O1. The van der Waals surface area contributed by atoms with E-state index in [0.29, 0.717) is 6.10 Å². The number of hydrogen-bond donors (Lipinski definition) is 1. The highest BCUT2D eigenvalue weighted by molar-refractivity contribution is 9.10. The molecule has 1 unspecified atom stereocenters. The molecule has 1 aliphatic heterocycles. The van der Waals surface area contributed by atoms with Crippen LogP contribution < -0.4 is 10.1 Å². The van der Waals surface area contributed by atoms with Crippen molar-refractivity contribution in [1.29, 1.82) is 0 Å². The minimum absolute atomic E-state index is 0.295. The second-order valence-electron chi connectivity index (χ2n) is 5.04. The first-order valence-electron chi connectivity index (χ1n) is 6.88. The van der Waals surface area contributed by atoms with Gasteiger partial charge in [0, 0.05) is 17.4 Å². The van der Waals surface area contributed by atoms with Crippen molar-refractivity contribution in [2.24, 2.45) is 5.92 Å². The van der Waals surface area contributed by atoms with E-state index in [1.54, 1.807) is 0 Å². The third-order valence-corrected chi connectivity index (χ3v) is 4.22. The molecule has 0 spiro atoms. The molecule has 1 heterocycles. The fraction of sp³-hybridized carbons (Fsp3) is 0.600. The number of rotatable bonds is 6. The maximum atomic E-state index is 5.93. The molecule has 1 aromatic rings. The normalized spacial score (nSPS) is 17.9. The van der Waals surface area contributed by atoms with Crippen LogP contribution in [-0.4, -0.2) is 19.2 Å². The van der Waals surface area contributed by atoms with Gasteiger partial charge in [0.25, 0.3) is 0 Å². The first-order valence-corrected chi connectivity index (χ1v) is 7.68. The zero-order chi connectivity index (χ0) is 13.0. The lowest BCUT2D eigenvalue weighted by Gasteiger charge is -2.16. The topological polar surface area (TPSA) is 21.3 Å². The molecule has 0 fully saturated rings. The van der Waals surface area contributed by atoms with Crippen molar-refractivity contribution in [3.63, 3.8) is 0 Å². The summed E-state index contributed by atoms with van der Waals surface area (Å²) < 4.78 is 7.06. The molecule has 0 radical (unpaired) electrons. The van der Waals surface area contributed by atoms with E-state index in [4.69, 9.17) is 4.74 Å². The average Bonchev–Trinajstić information content (AvgIpc) is 2.76. The Bertz CT molecular complexity index is 390. The number of nitrogens with one attached hydrogen (secondary N) is 1. The minimum atomic E-state index is 0.295. The van der Waals surface area contributed by atoms with Gasteiger partial charge in [-0.25, -0.2) is 0 Å². The van der Waals surface area contributed by atoms with E-state index >= 15 is 0 Å². The molecule has 0 amide bonds. The Morgan fingerprint density at radius 1 is 1.39 bits per heavy atom. The molecule has 100 valence electrons. The molecule has 1 atom stereocenters. The molecular formula is C15H22BrNO. The van der Waals surface area contributed by atoms with E-state index in [0.717, 1.165) is 35.7 Å². The maximum Gasteiger partial charge on any atom is 0.123 e. The first-order chi connectivity index (χ1) is 8.72. The molecule has 0 saturated carbocycles. The Kier molecular flexibility index (Phi) is 5.07. The lowest BCUT2D eigenvalue weighted by molar-refractivity contribution is 0.224. The quantitative estimate of drug-likeness (QED) is 0.863. The van der Waals surface area contributed by atoms with Crippen molar-refractivity contribution in [3.8, 4) is 5.75 Å². The predicted octanol–water partition coefficient (Wildman–Crippen LogP) is 3.78. The Hall–Kier alpha value is -0.540. The van der Waals surface area contributed by atoms with E-state index in [9.17, 15) is 0 Å². The van der Waals surface area contributed by atoms with E-state index in [1.165, 1.54) is 18.4 Å². The van der Waals surface area contributed by atoms with Gasteiger partial charge >= 0.3 is 0 Å². The maximum absolute atomic E-state index is 5.93. The van der Waals surface area contributed by atoms with E-state index < -0.39 is 0 Å². The van der Waals surface area contributed by atoms with Crippen LogP contribution in [0.1, 0.15) is 32.3 Å². The summed E-state index contributed by atoms with van der Waals surface area (Å²) in [5.74, 6) is 1.84. The van der Waals surface area contributed by atoms with Crippen molar-refractivity contribution in [2.75, 3.05) is 13.1 Å². The van der Waals surface area contributed by atoms with Crippen molar-refractivity contribution in [2.45, 2.75) is 39.2 Å². The average molecular weight is 312 g/mol. The van der Waals surface area contributed by atoms with Crippen LogP contribution in [0.25, 0.3) is 0 Å². The molecule has 0 bridgehead atoms. The smallest absolute Gasteiger partial charge is 0.123 e. The highest BCUT2D eigenvalue weighted by atomic mass is 79.9.